The van der Waals surface area contributed by atoms with Crippen LogP contribution < -0.4 is 4.74 Å². The first-order valence-electron chi connectivity index (χ1n) is 4.96. The van der Waals surface area contributed by atoms with Gasteiger partial charge in [-0.25, -0.2) is 0 Å². The molecule has 0 spiro atoms. The van der Waals surface area contributed by atoms with Crippen LogP contribution in [0.2, 0.25) is 0 Å². The van der Waals surface area contributed by atoms with Gasteiger partial charge in [0.05, 0.1) is 15.6 Å². The number of nitriles is 1. The average Bonchev–Trinajstić information content (AvgIpc) is 2.41. The second-order valence-corrected chi connectivity index (χ2v) is 4.16. The van der Waals surface area contributed by atoms with Crippen LogP contribution in [0, 0.1) is 21.4 Å². The molecule has 94 valence electrons. The van der Waals surface area contributed by atoms with Gasteiger partial charge >= 0.3 is 5.69 Å². The van der Waals surface area contributed by atoms with Gasteiger partial charge in [0.1, 0.15) is 11.6 Å². The summed E-state index contributed by atoms with van der Waals surface area (Å²) >= 11 is 3.16. The molecule has 7 nitrogen and oxygen atoms in total. The predicted octanol–water partition coefficient (Wildman–Crippen LogP) is 2.81. The van der Waals surface area contributed by atoms with Gasteiger partial charge in [0.2, 0.25) is 5.75 Å². The van der Waals surface area contributed by atoms with E-state index in [4.69, 9.17) is 10.00 Å². The van der Waals surface area contributed by atoms with Gasteiger partial charge in [-0.05, 0) is 28.1 Å². The lowest BCUT2D eigenvalue weighted by Crippen LogP contribution is -1.98. The van der Waals surface area contributed by atoms with Crippen LogP contribution in [0.3, 0.4) is 0 Å². The van der Waals surface area contributed by atoms with Crippen molar-refractivity contribution < 1.29 is 9.66 Å². The van der Waals surface area contributed by atoms with E-state index in [0.29, 0.717) is 4.47 Å². The lowest BCUT2D eigenvalue weighted by molar-refractivity contribution is -0.385. The number of nitrogens with zero attached hydrogens (tertiary/aromatic N) is 4. The Kier molecular flexibility index (Phi) is 3.68. The Morgan fingerprint density at radius 2 is 2.21 bits per heavy atom. The summed E-state index contributed by atoms with van der Waals surface area (Å²) in [6.07, 6.45) is 1.33. The van der Waals surface area contributed by atoms with Gasteiger partial charge in [-0.3, -0.25) is 10.1 Å². The van der Waals surface area contributed by atoms with E-state index in [2.05, 4.69) is 26.1 Å². The molecule has 0 aliphatic carbocycles. The molecule has 8 heteroatoms. The zero-order valence-electron chi connectivity index (χ0n) is 9.28. The summed E-state index contributed by atoms with van der Waals surface area (Å²) in [6.45, 7) is 0. The Hall–Kier alpha value is -2.53. The molecule has 19 heavy (non-hydrogen) atoms. The van der Waals surface area contributed by atoms with Crippen LogP contribution in [0.25, 0.3) is 0 Å². The Morgan fingerprint density at radius 1 is 1.42 bits per heavy atom. The normalized spacial score (nSPS) is 9.68. The van der Waals surface area contributed by atoms with Crippen LogP contribution in [0.4, 0.5) is 5.69 Å². The third-order valence-electron chi connectivity index (χ3n) is 2.15. The van der Waals surface area contributed by atoms with E-state index in [1.165, 1.54) is 24.4 Å². The Morgan fingerprint density at radius 3 is 2.89 bits per heavy atom. The molecule has 1 aromatic heterocycles. The molecule has 1 aromatic carbocycles. The maximum atomic E-state index is 10.9. The number of nitro groups is 1. The zero-order valence-corrected chi connectivity index (χ0v) is 10.9. The minimum Gasteiger partial charge on any atom is -0.428 e. The van der Waals surface area contributed by atoms with Crippen LogP contribution in [-0.2, 0) is 0 Å². The quantitative estimate of drug-likeness (QED) is 0.636. The third-order valence-corrected chi connectivity index (χ3v) is 2.77. The molecule has 0 aliphatic rings. The minimum atomic E-state index is -0.581. The summed E-state index contributed by atoms with van der Waals surface area (Å²) in [5.41, 5.74) is -0.0935. The Balaban J connectivity index is 2.50. The van der Waals surface area contributed by atoms with Crippen molar-refractivity contribution in [3.8, 4) is 17.7 Å². The fraction of sp³-hybridized carbons (Fsp3) is 0. The van der Waals surface area contributed by atoms with Crippen molar-refractivity contribution in [3.05, 3.63) is 50.6 Å². The van der Waals surface area contributed by atoms with Crippen molar-refractivity contribution in [2.45, 2.75) is 0 Å². The molecule has 0 fully saturated rings. The van der Waals surface area contributed by atoms with Crippen LogP contribution in [0.5, 0.6) is 11.6 Å². The van der Waals surface area contributed by atoms with Gasteiger partial charge in [0.15, 0.2) is 0 Å². The zero-order chi connectivity index (χ0) is 13.8. The number of rotatable bonds is 3. The Bertz CT molecular complexity index is 684. The molecule has 0 bridgehead atoms. The summed E-state index contributed by atoms with van der Waals surface area (Å²) in [6, 6.07) is 7.67. The van der Waals surface area contributed by atoms with E-state index in [9.17, 15) is 10.1 Å². The molecule has 2 rings (SSSR count). The average molecular weight is 321 g/mol. The molecule has 0 aliphatic heterocycles. The summed E-state index contributed by atoms with van der Waals surface area (Å²) in [4.78, 5) is 10.3. The van der Waals surface area contributed by atoms with Gasteiger partial charge in [-0.2, -0.15) is 10.4 Å². The standard InChI is InChI=1S/C11H5BrN4O3/c12-8-2-1-3-9(16(17)18)10(8)19-11-7(6-13)4-5-14-15-11/h1-5H. The molecule has 0 saturated carbocycles. The first kappa shape index (κ1) is 12.9. The van der Waals surface area contributed by atoms with Crippen LogP contribution in [-0.4, -0.2) is 15.1 Å². The smallest absolute Gasteiger partial charge is 0.312 e. The topological polar surface area (TPSA) is 102 Å². The fourth-order valence-electron chi connectivity index (χ4n) is 1.32. The van der Waals surface area contributed by atoms with Gasteiger partial charge in [-0.15, -0.1) is 5.10 Å². The van der Waals surface area contributed by atoms with E-state index in [1.54, 1.807) is 6.07 Å². The first-order chi connectivity index (χ1) is 9.13. The first-order valence-corrected chi connectivity index (χ1v) is 5.75. The van der Waals surface area contributed by atoms with Crippen molar-refractivity contribution in [1.82, 2.24) is 10.2 Å². The number of hydrogen-bond acceptors (Lipinski definition) is 6. The highest BCUT2D eigenvalue weighted by Crippen LogP contribution is 2.37. The molecule has 0 radical (unpaired) electrons. The number of nitro benzene ring substituents is 1. The third kappa shape index (κ3) is 2.66. The van der Waals surface area contributed by atoms with Crippen LogP contribution in [0.15, 0.2) is 34.9 Å². The van der Waals surface area contributed by atoms with Gasteiger partial charge in [0, 0.05) is 6.07 Å². The van der Waals surface area contributed by atoms with Crippen molar-refractivity contribution >= 4 is 21.6 Å². The Labute approximate surface area is 115 Å². The van der Waals surface area contributed by atoms with Crippen molar-refractivity contribution in [3.63, 3.8) is 0 Å². The number of halogens is 1. The number of ether oxygens (including phenoxy) is 1. The number of hydrogen-bond donors (Lipinski definition) is 0. The highest BCUT2D eigenvalue weighted by Gasteiger charge is 2.20. The summed E-state index contributed by atoms with van der Waals surface area (Å²) in [5, 5.41) is 27.1. The maximum Gasteiger partial charge on any atom is 0.312 e. The van der Waals surface area contributed by atoms with Gasteiger partial charge in [0.25, 0.3) is 5.88 Å². The molecular weight excluding hydrogens is 316 g/mol. The molecule has 2 aromatic rings. The SMILES string of the molecule is N#Cc1ccnnc1Oc1c(Br)cccc1[N+](=O)[O-]. The van der Waals surface area contributed by atoms with Crippen LogP contribution in [0.1, 0.15) is 5.56 Å². The lowest BCUT2D eigenvalue weighted by Gasteiger charge is -2.07. The molecule has 0 saturated heterocycles. The van der Waals surface area contributed by atoms with E-state index >= 15 is 0 Å². The monoisotopic (exact) mass is 320 g/mol. The van der Waals surface area contributed by atoms with Crippen LogP contribution >= 0.6 is 15.9 Å². The summed E-state index contributed by atoms with van der Waals surface area (Å²) in [7, 11) is 0. The summed E-state index contributed by atoms with van der Waals surface area (Å²) in [5.74, 6) is -0.107. The molecule has 0 atom stereocenters. The molecule has 0 N–H and O–H groups in total. The molecular formula is C11H5BrN4O3. The van der Waals surface area contributed by atoms with E-state index in [0.717, 1.165) is 0 Å². The molecule has 0 unspecified atom stereocenters. The molecule has 0 amide bonds. The van der Waals surface area contributed by atoms with E-state index < -0.39 is 4.92 Å². The number of para-hydroxylation sites is 1. The van der Waals surface area contributed by atoms with Gasteiger partial charge in [-0.1, -0.05) is 6.07 Å². The fourth-order valence-corrected chi connectivity index (χ4v) is 1.75. The second kappa shape index (κ2) is 5.41. The van der Waals surface area contributed by atoms with E-state index in [-0.39, 0.29) is 22.9 Å². The number of aromatic nitrogens is 2. The highest BCUT2D eigenvalue weighted by atomic mass is 79.9. The maximum absolute atomic E-state index is 10.9. The predicted molar refractivity (Wildman–Crippen MR) is 67.6 cm³/mol. The molecule has 1 heterocycles. The van der Waals surface area contributed by atoms with Crippen molar-refractivity contribution in [2.24, 2.45) is 0 Å². The van der Waals surface area contributed by atoms with Crippen molar-refractivity contribution in [1.29, 1.82) is 5.26 Å². The van der Waals surface area contributed by atoms with Crippen molar-refractivity contribution in [2.75, 3.05) is 0 Å². The van der Waals surface area contributed by atoms with Gasteiger partial charge < -0.3 is 4.74 Å². The summed E-state index contributed by atoms with van der Waals surface area (Å²) < 4.78 is 5.72. The minimum absolute atomic E-state index is 0.0236. The van der Waals surface area contributed by atoms with E-state index in [1.807, 2.05) is 6.07 Å². The number of benzene rings is 1. The largest absolute Gasteiger partial charge is 0.428 e. The lowest BCUT2D eigenvalue weighted by atomic mass is 10.3. The highest BCUT2D eigenvalue weighted by molar-refractivity contribution is 9.10. The second-order valence-electron chi connectivity index (χ2n) is 3.31.